The van der Waals surface area contributed by atoms with Crippen molar-refractivity contribution in [3.8, 4) is 0 Å². The van der Waals surface area contributed by atoms with Gasteiger partial charge in [0.05, 0.1) is 12.6 Å². The maximum Gasteiger partial charge on any atom is 0.410 e. The van der Waals surface area contributed by atoms with Gasteiger partial charge in [0.25, 0.3) is 0 Å². The summed E-state index contributed by atoms with van der Waals surface area (Å²) in [5.74, 6) is 0. The lowest BCUT2D eigenvalue weighted by atomic mass is 10.0. The van der Waals surface area contributed by atoms with Crippen LogP contribution in [-0.2, 0) is 9.47 Å². The molecule has 0 aromatic heterocycles. The highest BCUT2D eigenvalue weighted by Gasteiger charge is 2.51. The van der Waals surface area contributed by atoms with Crippen LogP contribution in [0.15, 0.2) is 0 Å². The number of hydrogen-bond donors (Lipinski definition) is 1. The molecule has 0 spiro atoms. The number of fused-ring (bicyclic) bond motifs is 1. The minimum Gasteiger partial charge on any atom is -0.444 e. The highest BCUT2D eigenvalue weighted by Crippen LogP contribution is 2.31. The molecule has 2 atom stereocenters. The number of piperidine rings is 1. The van der Waals surface area contributed by atoms with E-state index in [-0.39, 0.29) is 30.4 Å². The minimum atomic E-state index is -0.514. The molecule has 0 aromatic rings. The van der Waals surface area contributed by atoms with Crippen LogP contribution >= 0.6 is 0 Å². The SMILES string of the molecule is CC(C)(C)OC(=O)N1C[C@@H]2OC(=O)N(C3CCNCC3)[C@@H]2C1. The lowest BCUT2D eigenvalue weighted by Gasteiger charge is -2.33. The van der Waals surface area contributed by atoms with Gasteiger partial charge in [0.1, 0.15) is 11.7 Å². The predicted molar refractivity (Wildman–Crippen MR) is 79.6 cm³/mol. The van der Waals surface area contributed by atoms with E-state index in [1.165, 1.54) is 0 Å². The largest absolute Gasteiger partial charge is 0.444 e. The molecule has 3 rings (SSSR count). The summed E-state index contributed by atoms with van der Waals surface area (Å²) in [6, 6.07) is 0.172. The Morgan fingerprint density at radius 3 is 2.59 bits per heavy atom. The first kappa shape index (κ1) is 15.4. The lowest BCUT2D eigenvalue weighted by molar-refractivity contribution is 0.0238. The van der Waals surface area contributed by atoms with Crippen molar-refractivity contribution in [2.45, 2.75) is 57.4 Å². The second-order valence-corrected chi connectivity index (χ2v) is 7.26. The van der Waals surface area contributed by atoms with Gasteiger partial charge in [-0.05, 0) is 46.7 Å². The lowest BCUT2D eigenvalue weighted by Crippen LogP contribution is -2.49. The topological polar surface area (TPSA) is 71.1 Å². The Morgan fingerprint density at radius 2 is 1.95 bits per heavy atom. The number of rotatable bonds is 1. The van der Waals surface area contributed by atoms with Gasteiger partial charge >= 0.3 is 12.2 Å². The molecule has 22 heavy (non-hydrogen) atoms. The van der Waals surface area contributed by atoms with Gasteiger partial charge in [-0.1, -0.05) is 0 Å². The summed E-state index contributed by atoms with van der Waals surface area (Å²) >= 11 is 0. The molecular formula is C15H25N3O4. The highest BCUT2D eigenvalue weighted by molar-refractivity contribution is 5.73. The molecule has 3 aliphatic heterocycles. The Balaban J connectivity index is 1.65. The van der Waals surface area contributed by atoms with Crippen LogP contribution in [0.3, 0.4) is 0 Å². The molecule has 1 N–H and O–H groups in total. The smallest absolute Gasteiger partial charge is 0.410 e. The molecule has 0 radical (unpaired) electrons. The predicted octanol–water partition coefficient (Wildman–Crippen LogP) is 1.18. The van der Waals surface area contributed by atoms with Crippen molar-refractivity contribution in [1.29, 1.82) is 0 Å². The summed E-state index contributed by atoms with van der Waals surface area (Å²) in [4.78, 5) is 27.8. The van der Waals surface area contributed by atoms with Crippen molar-refractivity contribution in [1.82, 2.24) is 15.1 Å². The first-order valence-corrected chi connectivity index (χ1v) is 8.03. The summed E-state index contributed by atoms with van der Waals surface area (Å²) < 4.78 is 10.9. The minimum absolute atomic E-state index is 0.0388. The van der Waals surface area contributed by atoms with Gasteiger partial charge in [-0.2, -0.15) is 0 Å². The Bertz CT molecular complexity index is 456. The fourth-order valence-electron chi connectivity index (χ4n) is 3.45. The van der Waals surface area contributed by atoms with E-state index in [4.69, 9.17) is 9.47 Å². The number of hydrogen-bond acceptors (Lipinski definition) is 5. The zero-order chi connectivity index (χ0) is 15.9. The third-order valence-corrected chi connectivity index (χ3v) is 4.41. The molecule has 0 aromatic carbocycles. The molecule has 2 amide bonds. The Kier molecular flexibility index (Phi) is 3.92. The summed E-state index contributed by atoms with van der Waals surface area (Å²) in [6.07, 6.45) is 1.08. The second-order valence-electron chi connectivity index (χ2n) is 7.26. The van der Waals surface area contributed by atoms with E-state index < -0.39 is 5.60 Å². The number of amides is 2. The molecule has 0 aliphatic carbocycles. The van der Waals surface area contributed by atoms with E-state index in [2.05, 4.69) is 5.32 Å². The molecule has 7 heteroatoms. The number of carbonyl (C=O) groups is 2. The molecule has 0 unspecified atom stereocenters. The summed E-state index contributed by atoms with van der Waals surface area (Å²) in [7, 11) is 0. The van der Waals surface area contributed by atoms with Crippen LogP contribution in [0, 0.1) is 0 Å². The Morgan fingerprint density at radius 1 is 1.27 bits per heavy atom. The van der Waals surface area contributed by atoms with Gasteiger partial charge in [0.2, 0.25) is 0 Å². The van der Waals surface area contributed by atoms with E-state index in [9.17, 15) is 9.59 Å². The van der Waals surface area contributed by atoms with Crippen LogP contribution < -0.4 is 5.32 Å². The van der Waals surface area contributed by atoms with E-state index in [0.29, 0.717) is 13.1 Å². The van der Waals surface area contributed by atoms with Gasteiger partial charge in [-0.25, -0.2) is 9.59 Å². The molecule has 3 heterocycles. The number of nitrogens with zero attached hydrogens (tertiary/aromatic N) is 2. The van der Waals surface area contributed by atoms with Crippen molar-refractivity contribution in [2.24, 2.45) is 0 Å². The number of likely N-dealkylation sites (tertiary alicyclic amines) is 1. The van der Waals surface area contributed by atoms with Crippen LogP contribution in [0.2, 0.25) is 0 Å². The standard InChI is InChI=1S/C15H25N3O4/c1-15(2,3)22-13(19)17-8-11-12(9-17)21-14(20)18(11)10-4-6-16-7-5-10/h10-12,16H,4-9H2,1-3H3/t11-,12+/m1/s1. The maximum atomic E-state index is 12.2. The van der Waals surface area contributed by atoms with Gasteiger partial charge in [0.15, 0.2) is 0 Å². The summed E-state index contributed by atoms with van der Waals surface area (Å²) in [5, 5.41) is 3.30. The Hall–Kier alpha value is -1.50. The average Bonchev–Trinajstić information content (AvgIpc) is 2.94. The number of ether oxygens (including phenoxy) is 2. The molecular weight excluding hydrogens is 286 g/mol. The van der Waals surface area contributed by atoms with Crippen molar-refractivity contribution in [3.63, 3.8) is 0 Å². The molecule has 3 aliphatic rings. The summed E-state index contributed by atoms with van der Waals surface area (Å²) in [5.41, 5.74) is -0.514. The normalized spacial score (nSPS) is 29.5. The number of carbonyl (C=O) groups excluding carboxylic acids is 2. The maximum absolute atomic E-state index is 12.2. The second kappa shape index (κ2) is 5.61. The van der Waals surface area contributed by atoms with Crippen LogP contribution in [0.1, 0.15) is 33.6 Å². The van der Waals surface area contributed by atoms with Gasteiger partial charge in [-0.3, -0.25) is 4.90 Å². The van der Waals surface area contributed by atoms with Crippen molar-refractivity contribution in [2.75, 3.05) is 26.2 Å². The van der Waals surface area contributed by atoms with E-state index in [0.717, 1.165) is 25.9 Å². The zero-order valence-corrected chi connectivity index (χ0v) is 13.5. The van der Waals surface area contributed by atoms with Gasteiger partial charge < -0.3 is 19.7 Å². The highest BCUT2D eigenvalue weighted by atomic mass is 16.6. The fourth-order valence-corrected chi connectivity index (χ4v) is 3.45. The van der Waals surface area contributed by atoms with Crippen LogP contribution in [-0.4, -0.2) is 72.0 Å². The molecule has 3 saturated heterocycles. The van der Waals surface area contributed by atoms with Crippen LogP contribution in [0.4, 0.5) is 9.59 Å². The zero-order valence-electron chi connectivity index (χ0n) is 13.5. The van der Waals surface area contributed by atoms with Gasteiger partial charge in [-0.15, -0.1) is 0 Å². The number of nitrogens with one attached hydrogen (secondary N) is 1. The fraction of sp³-hybridized carbons (Fsp3) is 0.867. The molecule has 0 saturated carbocycles. The average molecular weight is 311 g/mol. The molecule has 0 bridgehead atoms. The molecule has 7 nitrogen and oxygen atoms in total. The van der Waals surface area contributed by atoms with Crippen molar-refractivity contribution in [3.05, 3.63) is 0 Å². The Labute approximate surface area is 130 Å². The quantitative estimate of drug-likeness (QED) is 0.787. The third-order valence-electron chi connectivity index (χ3n) is 4.41. The van der Waals surface area contributed by atoms with Crippen LogP contribution in [0.5, 0.6) is 0 Å². The van der Waals surface area contributed by atoms with E-state index >= 15 is 0 Å². The van der Waals surface area contributed by atoms with Crippen molar-refractivity contribution >= 4 is 12.2 Å². The van der Waals surface area contributed by atoms with E-state index in [1.807, 2.05) is 25.7 Å². The first-order chi connectivity index (χ1) is 10.3. The summed E-state index contributed by atoms with van der Waals surface area (Å²) in [6.45, 7) is 8.31. The monoisotopic (exact) mass is 311 g/mol. The molecule has 124 valence electrons. The van der Waals surface area contributed by atoms with Crippen LogP contribution in [0.25, 0.3) is 0 Å². The van der Waals surface area contributed by atoms with E-state index in [1.54, 1.807) is 4.90 Å². The molecule has 3 fully saturated rings. The first-order valence-electron chi connectivity index (χ1n) is 8.03. The van der Waals surface area contributed by atoms with Crippen molar-refractivity contribution < 1.29 is 19.1 Å². The third kappa shape index (κ3) is 2.99. The van der Waals surface area contributed by atoms with Gasteiger partial charge in [0, 0.05) is 12.6 Å².